The predicted molar refractivity (Wildman–Crippen MR) is 137 cm³/mol. The number of carbonyl (C=O) groups is 4. The Morgan fingerprint density at radius 1 is 1.08 bits per heavy atom. The lowest BCUT2D eigenvalue weighted by Crippen LogP contribution is -2.55. The first-order valence-electron chi connectivity index (χ1n) is 13.2. The molecule has 0 aromatic rings. The Bertz CT molecular complexity index is 760. The first kappa shape index (κ1) is 31.2. The molecule has 204 valence electrons. The quantitative estimate of drug-likeness (QED) is 0.357. The van der Waals surface area contributed by atoms with Crippen LogP contribution in [0.2, 0.25) is 0 Å². The zero-order valence-electron chi connectivity index (χ0n) is 22.6. The highest BCUT2D eigenvalue weighted by molar-refractivity contribution is 5.91. The maximum atomic E-state index is 13.0. The van der Waals surface area contributed by atoms with Crippen molar-refractivity contribution >= 4 is 23.8 Å². The van der Waals surface area contributed by atoms with Gasteiger partial charge in [0.1, 0.15) is 23.7 Å². The number of nitriles is 1. The molecule has 4 N–H and O–H groups in total. The third kappa shape index (κ3) is 13.3. The Hall–Kier alpha value is -2.83. The van der Waals surface area contributed by atoms with Gasteiger partial charge in [0.15, 0.2) is 0 Å². The molecule has 0 spiro atoms. The van der Waals surface area contributed by atoms with Crippen LogP contribution in [0, 0.1) is 17.2 Å². The molecule has 10 heteroatoms. The summed E-state index contributed by atoms with van der Waals surface area (Å²) in [5.41, 5.74) is -0.672. The molecule has 1 saturated heterocycles. The van der Waals surface area contributed by atoms with Crippen molar-refractivity contribution in [1.82, 2.24) is 21.3 Å². The minimum Gasteiger partial charge on any atom is -0.444 e. The maximum Gasteiger partial charge on any atom is 0.408 e. The molecule has 1 aliphatic carbocycles. The van der Waals surface area contributed by atoms with E-state index in [2.05, 4.69) is 21.3 Å². The van der Waals surface area contributed by atoms with Gasteiger partial charge in [-0.1, -0.05) is 45.4 Å². The predicted octanol–water partition coefficient (Wildman–Crippen LogP) is 3.06. The average molecular weight is 508 g/mol. The van der Waals surface area contributed by atoms with Gasteiger partial charge in [-0.05, 0) is 52.9 Å². The molecule has 0 radical (unpaired) electrons. The van der Waals surface area contributed by atoms with Crippen LogP contribution >= 0.6 is 0 Å². The van der Waals surface area contributed by atoms with Crippen molar-refractivity contribution in [3.8, 4) is 6.07 Å². The van der Waals surface area contributed by atoms with Crippen LogP contribution in [-0.2, 0) is 19.1 Å². The van der Waals surface area contributed by atoms with Gasteiger partial charge >= 0.3 is 6.09 Å². The first-order valence-corrected chi connectivity index (χ1v) is 13.2. The van der Waals surface area contributed by atoms with E-state index in [4.69, 9.17) is 10.00 Å². The summed E-state index contributed by atoms with van der Waals surface area (Å²) < 4.78 is 5.28. The summed E-state index contributed by atoms with van der Waals surface area (Å²) in [6.45, 7) is 9.76. The van der Waals surface area contributed by atoms with E-state index in [1.54, 1.807) is 27.7 Å². The molecule has 1 aliphatic heterocycles. The average Bonchev–Trinajstić information content (AvgIpc) is 3.49. The lowest BCUT2D eigenvalue weighted by molar-refractivity contribution is -0.130. The summed E-state index contributed by atoms with van der Waals surface area (Å²) in [5, 5.41) is 19.8. The van der Waals surface area contributed by atoms with Crippen LogP contribution in [0.3, 0.4) is 0 Å². The van der Waals surface area contributed by atoms with Crippen LogP contribution in [0.25, 0.3) is 0 Å². The van der Waals surface area contributed by atoms with Crippen LogP contribution in [0.15, 0.2) is 0 Å². The number of amides is 4. The van der Waals surface area contributed by atoms with Crippen molar-refractivity contribution in [3.63, 3.8) is 0 Å². The van der Waals surface area contributed by atoms with E-state index in [0.717, 1.165) is 57.9 Å². The molecule has 0 bridgehead atoms. The minimum atomic E-state index is -0.785. The lowest BCUT2D eigenvalue weighted by Gasteiger charge is -2.26. The third-order valence-electron chi connectivity index (χ3n) is 5.99. The van der Waals surface area contributed by atoms with Crippen molar-refractivity contribution in [2.24, 2.45) is 5.92 Å². The standard InChI is InChI=1S/C22H38N4O4.C4H7NO/c1-6-7-12-17(26-21(29)30-22(3,4)5)19(27)25-18(13-16-10-8-9-11-16)20(28)24-15(2)14-23;6-4-2-1-3-5-4/h15-18H,6-13H2,1-5H3,(H,24,28)(H,25,27)(H,26,29);1-3H2,(H,5,6)/t15?,17-,18?;/m0./s1. The molecule has 1 heterocycles. The van der Waals surface area contributed by atoms with Gasteiger partial charge in [0.2, 0.25) is 17.7 Å². The number of unbranched alkanes of at least 4 members (excludes halogenated alkanes) is 1. The normalized spacial score (nSPS) is 17.9. The molecule has 2 aliphatic rings. The molecular formula is C26H45N5O5. The molecule has 2 unspecified atom stereocenters. The second-order valence-electron chi connectivity index (χ2n) is 10.6. The van der Waals surface area contributed by atoms with Gasteiger partial charge in [0.25, 0.3) is 0 Å². The minimum absolute atomic E-state index is 0.204. The van der Waals surface area contributed by atoms with Crippen molar-refractivity contribution in [3.05, 3.63) is 0 Å². The van der Waals surface area contributed by atoms with E-state index >= 15 is 0 Å². The molecule has 2 rings (SSSR count). The largest absolute Gasteiger partial charge is 0.444 e. The summed E-state index contributed by atoms with van der Waals surface area (Å²) in [6.07, 6.45) is 8.02. The number of carbonyl (C=O) groups excluding carboxylic acids is 4. The van der Waals surface area contributed by atoms with E-state index in [1.165, 1.54) is 0 Å². The molecular weight excluding hydrogens is 462 g/mol. The fourth-order valence-corrected chi connectivity index (χ4v) is 4.12. The van der Waals surface area contributed by atoms with E-state index in [9.17, 15) is 19.2 Å². The topological polar surface area (TPSA) is 149 Å². The van der Waals surface area contributed by atoms with Gasteiger partial charge in [-0.3, -0.25) is 14.4 Å². The van der Waals surface area contributed by atoms with Crippen LogP contribution in [-0.4, -0.2) is 54.1 Å². The Labute approximate surface area is 215 Å². The number of nitrogens with zero attached hydrogens (tertiary/aromatic N) is 1. The zero-order chi connectivity index (χ0) is 27.1. The van der Waals surface area contributed by atoms with Crippen molar-refractivity contribution in [2.75, 3.05) is 6.54 Å². The second-order valence-corrected chi connectivity index (χ2v) is 10.6. The maximum absolute atomic E-state index is 13.0. The molecule has 2 fully saturated rings. The van der Waals surface area contributed by atoms with Gasteiger partial charge in [-0.25, -0.2) is 4.79 Å². The van der Waals surface area contributed by atoms with E-state index in [0.29, 0.717) is 18.8 Å². The highest BCUT2D eigenvalue weighted by atomic mass is 16.6. The summed E-state index contributed by atoms with van der Waals surface area (Å²) in [7, 11) is 0. The fourth-order valence-electron chi connectivity index (χ4n) is 4.12. The second kappa shape index (κ2) is 16.0. The van der Waals surface area contributed by atoms with Gasteiger partial charge in [0, 0.05) is 13.0 Å². The van der Waals surface area contributed by atoms with Gasteiger partial charge < -0.3 is 26.0 Å². The SMILES string of the molecule is CCCC[C@H](NC(=O)OC(C)(C)C)C(=O)NC(CC1CCCC1)C(=O)NC(C)C#N.O=C1CCCN1. The zero-order valence-corrected chi connectivity index (χ0v) is 22.6. The Balaban J connectivity index is 0.000000936. The van der Waals surface area contributed by atoms with Crippen LogP contribution in [0.1, 0.15) is 98.8 Å². The number of alkyl carbamates (subject to hydrolysis) is 1. The number of rotatable bonds is 10. The van der Waals surface area contributed by atoms with Crippen molar-refractivity contribution in [1.29, 1.82) is 5.26 Å². The molecule has 4 amide bonds. The third-order valence-corrected chi connectivity index (χ3v) is 5.99. The highest BCUT2D eigenvalue weighted by Gasteiger charge is 2.31. The molecule has 3 atom stereocenters. The van der Waals surface area contributed by atoms with Gasteiger partial charge in [-0.15, -0.1) is 0 Å². The number of hydrogen-bond acceptors (Lipinski definition) is 6. The Kier molecular flexibility index (Phi) is 13.9. The smallest absolute Gasteiger partial charge is 0.408 e. The van der Waals surface area contributed by atoms with Crippen LogP contribution in [0.4, 0.5) is 4.79 Å². The summed E-state index contributed by atoms with van der Waals surface area (Å²) in [5.74, 6) is -0.200. The van der Waals surface area contributed by atoms with Gasteiger partial charge in [0.05, 0.1) is 6.07 Å². The molecule has 10 nitrogen and oxygen atoms in total. The van der Waals surface area contributed by atoms with E-state index in [-0.39, 0.29) is 11.8 Å². The molecule has 0 aromatic heterocycles. The van der Waals surface area contributed by atoms with Crippen molar-refractivity contribution in [2.45, 2.75) is 123 Å². The van der Waals surface area contributed by atoms with E-state index in [1.807, 2.05) is 13.0 Å². The number of ether oxygens (including phenoxy) is 1. The van der Waals surface area contributed by atoms with Crippen LogP contribution < -0.4 is 21.3 Å². The first-order chi connectivity index (χ1) is 16.9. The fraction of sp³-hybridized carbons (Fsp3) is 0.808. The molecule has 1 saturated carbocycles. The summed E-state index contributed by atoms with van der Waals surface area (Å²) in [4.78, 5) is 48.0. The summed E-state index contributed by atoms with van der Waals surface area (Å²) >= 11 is 0. The molecule has 36 heavy (non-hydrogen) atoms. The monoisotopic (exact) mass is 507 g/mol. The Morgan fingerprint density at radius 3 is 2.19 bits per heavy atom. The Morgan fingerprint density at radius 2 is 1.72 bits per heavy atom. The van der Waals surface area contributed by atoms with E-state index < -0.39 is 35.7 Å². The lowest BCUT2D eigenvalue weighted by atomic mass is 9.97. The van der Waals surface area contributed by atoms with Gasteiger partial charge in [-0.2, -0.15) is 5.26 Å². The number of nitrogens with one attached hydrogen (secondary N) is 4. The summed E-state index contributed by atoms with van der Waals surface area (Å²) in [6, 6.07) is -0.185. The highest BCUT2D eigenvalue weighted by Crippen LogP contribution is 2.28. The van der Waals surface area contributed by atoms with Crippen molar-refractivity contribution < 1.29 is 23.9 Å². The number of hydrogen-bond donors (Lipinski definition) is 4. The molecule has 0 aromatic carbocycles. The van der Waals surface area contributed by atoms with Crippen LogP contribution in [0.5, 0.6) is 0 Å².